The van der Waals surface area contributed by atoms with Gasteiger partial charge >= 0.3 is 5.97 Å². The maximum atomic E-state index is 12.2. The Morgan fingerprint density at radius 3 is 2.58 bits per heavy atom. The molecule has 10 nitrogen and oxygen atoms in total. The van der Waals surface area contributed by atoms with Crippen LogP contribution in [-0.2, 0) is 19.0 Å². The van der Waals surface area contributed by atoms with Gasteiger partial charge in [0.25, 0.3) is 10.5 Å². The maximum absolute atomic E-state index is 12.2. The summed E-state index contributed by atoms with van der Waals surface area (Å²) in [6.45, 7) is 2.95. The molecule has 3 atom stereocenters. The van der Waals surface area contributed by atoms with Crippen LogP contribution in [0.2, 0.25) is 0 Å². The second-order valence-corrected chi connectivity index (χ2v) is 8.10. The summed E-state index contributed by atoms with van der Waals surface area (Å²) in [6, 6.07) is 10.5. The molecule has 2 aromatic carbocycles. The zero-order valence-electron chi connectivity index (χ0n) is 18.3. The fourth-order valence-corrected chi connectivity index (χ4v) is 4.68. The number of nitrogens with zero attached hydrogens (tertiary/aromatic N) is 2. The molecule has 0 unspecified atom stereocenters. The van der Waals surface area contributed by atoms with E-state index in [2.05, 4.69) is 0 Å². The number of non-ortho nitro benzene ring substituents is 1. The normalized spacial score (nSPS) is 22.1. The molecule has 2 heterocycles. The lowest BCUT2D eigenvalue weighted by atomic mass is 9.83. The number of rotatable bonds is 6. The van der Waals surface area contributed by atoms with Gasteiger partial charge in [0.2, 0.25) is 6.29 Å². The zero-order valence-corrected chi connectivity index (χ0v) is 19.2. The molecular weight excluding hydrogens is 452 g/mol. The Hall–Kier alpha value is -3.28. The van der Waals surface area contributed by atoms with E-state index in [4.69, 9.17) is 35.6 Å². The van der Waals surface area contributed by atoms with Crippen LogP contribution in [0.25, 0.3) is 11.1 Å². The van der Waals surface area contributed by atoms with Gasteiger partial charge < -0.3 is 23.4 Å². The third-order valence-electron chi connectivity index (χ3n) is 5.69. The first kappa shape index (κ1) is 22.9. The quantitative estimate of drug-likeness (QED) is 0.171. The first-order valence-electron chi connectivity index (χ1n) is 10.0. The number of para-hydroxylation sites is 2. The molecule has 0 radical (unpaired) electrons. The minimum Gasteiger partial charge on any atom is -0.478 e. The molecule has 0 saturated heterocycles. The predicted octanol–water partition coefficient (Wildman–Crippen LogP) is 4.16. The van der Waals surface area contributed by atoms with Gasteiger partial charge in [0, 0.05) is 38.8 Å². The number of carbonyl (C=O) groups is 1. The molecule has 1 aromatic heterocycles. The van der Waals surface area contributed by atoms with Crippen molar-refractivity contribution in [3.8, 4) is 5.75 Å². The number of esters is 1. The third kappa shape index (κ3) is 3.77. The lowest BCUT2D eigenvalue weighted by molar-refractivity contribution is -0.385. The Labute approximate surface area is 193 Å². The van der Waals surface area contributed by atoms with Crippen molar-refractivity contribution >= 4 is 35.0 Å². The molecule has 3 aromatic rings. The van der Waals surface area contributed by atoms with Gasteiger partial charge in [-0.1, -0.05) is 12.1 Å². The van der Waals surface area contributed by atoms with Crippen molar-refractivity contribution in [2.24, 2.45) is 0 Å². The highest BCUT2D eigenvalue weighted by molar-refractivity contribution is 7.71. The second kappa shape index (κ2) is 8.58. The van der Waals surface area contributed by atoms with Crippen LogP contribution in [0.3, 0.4) is 0 Å². The molecule has 0 amide bonds. The van der Waals surface area contributed by atoms with Gasteiger partial charge in [0.15, 0.2) is 17.3 Å². The van der Waals surface area contributed by atoms with Gasteiger partial charge in [0.1, 0.15) is 11.8 Å². The highest BCUT2D eigenvalue weighted by Crippen LogP contribution is 2.47. The largest absolute Gasteiger partial charge is 0.478 e. The highest BCUT2D eigenvalue weighted by atomic mass is 32.1. The molecular formula is C22H22N2O8S. The molecule has 1 aliphatic heterocycles. The van der Waals surface area contributed by atoms with E-state index in [0.717, 1.165) is 0 Å². The van der Waals surface area contributed by atoms with Crippen molar-refractivity contribution < 1.29 is 33.1 Å². The first-order valence-corrected chi connectivity index (χ1v) is 10.4. The molecule has 0 saturated carbocycles. The van der Waals surface area contributed by atoms with Gasteiger partial charge in [-0.05, 0) is 37.3 Å². The van der Waals surface area contributed by atoms with Crippen LogP contribution in [0.1, 0.15) is 25.5 Å². The minimum atomic E-state index is -1.35. The van der Waals surface area contributed by atoms with E-state index in [0.29, 0.717) is 22.4 Å². The maximum Gasteiger partial charge on any atom is 0.303 e. The summed E-state index contributed by atoms with van der Waals surface area (Å²) in [5.74, 6) is -0.248. The van der Waals surface area contributed by atoms with Crippen molar-refractivity contribution in [2.45, 2.75) is 37.9 Å². The standard InChI is InChI=1S/C22H22N2O8S/c1-12(25)30-19-18(23-15-7-5-6-8-17(15)31-21(23)33)14-11-13(24(26)27)9-10-16(14)32-22(19,2)20(28-3)29-4/h5-11,18-20H,1-4H3/t18-,19+,22+/m0/s1. The molecule has 4 rings (SSSR count). The summed E-state index contributed by atoms with van der Waals surface area (Å²) in [7, 11) is 2.87. The van der Waals surface area contributed by atoms with Crippen LogP contribution in [0.15, 0.2) is 46.9 Å². The highest BCUT2D eigenvalue weighted by Gasteiger charge is 2.56. The number of fused-ring (bicyclic) bond motifs is 2. The van der Waals surface area contributed by atoms with Gasteiger partial charge in [-0.15, -0.1) is 0 Å². The smallest absolute Gasteiger partial charge is 0.303 e. The Morgan fingerprint density at radius 2 is 1.94 bits per heavy atom. The van der Waals surface area contributed by atoms with Crippen LogP contribution in [0.5, 0.6) is 5.75 Å². The van der Waals surface area contributed by atoms with Gasteiger partial charge in [0.05, 0.1) is 10.4 Å². The molecule has 0 bridgehead atoms. The number of oxazole rings is 1. The van der Waals surface area contributed by atoms with Crippen molar-refractivity contribution in [3.05, 3.63) is 63.0 Å². The Balaban J connectivity index is 2.07. The molecule has 0 aliphatic carbocycles. The molecule has 0 spiro atoms. The summed E-state index contributed by atoms with van der Waals surface area (Å²) in [5.41, 5.74) is 0.0382. The minimum absolute atomic E-state index is 0.103. The van der Waals surface area contributed by atoms with E-state index in [1.807, 2.05) is 6.07 Å². The van der Waals surface area contributed by atoms with E-state index >= 15 is 0 Å². The summed E-state index contributed by atoms with van der Waals surface area (Å²) in [6.07, 6.45) is -2.01. The van der Waals surface area contributed by atoms with Gasteiger partial charge in [-0.3, -0.25) is 19.5 Å². The van der Waals surface area contributed by atoms with E-state index in [1.165, 1.54) is 39.3 Å². The average Bonchev–Trinajstić information content (AvgIpc) is 3.10. The van der Waals surface area contributed by atoms with Crippen LogP contribution in [0, 0.1) is 15.0 Å². The van der Waals surface area contributed by atoms with E-state index < -0.39 is 34.9 Å². The number of hydrogen-bond donors (Lipinski definition) is 0. The molecule has 0 N–H and O–H groups in total. The third-order valence-corrected chi connectivity index (χ3v) is 5.97. The number of ether oxygens (including phenoxy) is 4. The number of benzene rings is 2. The lowest BCUT2D eigenvalue weighted by Crippen LogP contribution is -2.62. The first-order chi connectivity index (χ1) is 15.7. The summed E-state index contributed by atoms with van der Waals surface area (Å²) < 4.78 is 30.5. The van der Waals surface area contributed by atoms with Crippen molar-refractivity contribution in [1.82, 2.24) is 4.57 Å². The number of carbonyl (C=O) groups excluding carboxylic acids is 1. The predicted molar refractivity (Wildman–Crippen MR) is 119 cm³/mol. The monoisotopic (exact) mass is 474 g/mol. The van der Waals surface area contributed by atoms with E-state index in [9.17, 15) is 14.9 Å². The molecule has 1 aliphatic rings. The Bertz CT molecular complexity index is 1280. The van der Waals surface area contributed by atoms with Crippen LogP contribution >= 0.6 is 12.2 Å². The topological polar surface area (TPSA) is 115 Å². The van der Waals surface area contributed by atoms with Crippen molar-refractivity contribution in [2.75, 3.05) is 14.2 Å². The molecule has 33 heavy (non-hydrogen) atoms. The average molecular weight is 474 g/mol. The van der Waals surface area contributed by atoms with Crippen LogP contribution in [0.4, 0.5) is 5.69 Å². The van der Waals surface area contributed by atoms with E-state index in [1.54, 1.807) is 29.7 Å². The number of nitro benzene ring substituents is 1. The SMILES string of the molecule is COC(OC)[C@]1(C)Oc2ccc([N+](=O)[O-])cc2[C@H](n2c(=S)oc3ccccc32)[C@H]1OC(C)=O. The van der Waals surface area contributed by atoms with Crippen LogP contribution < -0.4 is 4.74 Å². The molecule has 174 valence electrons. The molecule has 0 fully saturated rings. The van der Waals surface area contributed by atoms with Gasteiger partial charge in [-0.25, -0.2) is 0 Å². The molecule has 11 heteroatoms. The summed E-state index contributed by atoms with van der Waals surface area (Å²) in [5, 5.41) is 11.5. The lowest BCUT2D eigenvalue weighted by Gasteiger charge is -2.47. The summed E-state index contributed by atoms with van der Waals surface area (Å²) in [4.78, 5) is 23.4. The zero-order chi connectivity index (χ0) is 23.9. The Kier molecular flexibility index (Phi) is 5.95. The second-order valence-electron chi connectivity index (χ2n) is 7.75. The Morgan fingerprint density at radius 1 is 1.24 bits per heavy atom. The summed E-state index contributed by atoms with van der Waals surface area (Å²) >= 11 is 5.53. The fraction of sp³-hybridized carbons (Fsp3) is 0.364. The van der Waals surface area contributed by atoms with Gasteiger partial charge in [-0.2, -0.15) is 0 Å². The number of nitro groups is 1. The van der Waals surface area contributed by atoms with Crippen molar-refractivity contribution in [1.29, 1.82) is 0 Å². The number of hydrogen-bond acceptors (Lipinski definition) is 9. The number of methoxy groups -OCH3 is 2. The van der Waals surface area contributed by atoms with E-state index in [-0.39, 0.29) is 10.5 Å². The number of aromatic nitrogens is 1. The fourth-order valence-electron chi connectivity index (χ4n) is 4.37. The van der Waals surface area contributed by atoms with Crippen LogP contribution in [-0.4, -0.2) is 47.7 Å². The van der Waals surface area contributed by atoms with Crippen molar-refractivity contribution in [3.63, 3.8) is 0 Å².